The van der Waals surface area contributed by atoms with Crippen LogP contribution in [0, 0.1) is 6.92 Å². The molecule has 24 heavy (non-hydrogen) atoms. The molecule has 1 aliphatic heterocycles. The van der Waals surface area contributed by atoms with E-state index < -0.39 is 0 Å². The third-order valence-electron chi connectivity index (χ3n) is 3.95. The standard InChI is InChI=1S/C20H19NO2S/c1-13(2)16-9-7-15(8-10-16)12-18-19(22)21(20(23)24-18)17-6-4-5-14(3)11-17/h4-13H,1-3H3/b18-12-. The minimum absolute atomic E-state index is 0.254. The molecule has 122 valence electrons. The Morgan fingerprint density at radius 3 is 2.38 bits per heavy atom. The average molecular weight is 337 g/mol. The van der Waals surface area contributed by atoms with E-state index in [1.165, 1.54) is 10.5 Å². The molecule has 0 unspecified atom stereocenters. The van der Waals surface area contributed by atoms with Gasteiger partial charge in [0.2, 0.25) is 0 Å². The van der Waals surface area contributed by atoms with Crippen molar-refractivity contribution in [3.63, 3.8) is 0 Å². The van der Waals surface area contributed by atoms with Crippen LogP contribution in [0.1, 0.15) is 36.5 Å². The molecule has 4 heteroatoms. The van der Waals surface area contributed by atoms with Gasteiger partial charge < -0.3 is 0 Å². The Hall–Kier alpha value is -2.33. The molecule has 1 fully saturated rings. The molecule has 1 heterocycles. The Morgan fingerprint density at radius 2 is 1.75 bits per heavy atom. The highest BCUT2D eigenvalue weighted by Gasteiger charge is 2.36. The van der Waals surface area contributed by atoms with Gasteiger partial charge in [0.05, 0.1) is 10.6 Å². The number of hydrogen-bond donors (Lipinski definition) is 0. The van der Waals surface area contributed by atoms with Crippen molar-refractivity contribution in [2.75, 3.05) is 4.90 Å². The molecule has 2 aromatic carbocycles. The zero-order chi connectivity index (χ0) is 17.3. The molecule has 2 aromatic rings. The quantitative estimate of drug-likeness (QED) is 0.708. The van der Waals surface area contributed by atoms with Crippen LogP contribution in [0.3, 0.4) is 0 Å². The number of carbonyl (C=O) groups excluding carboxylic acids is 2. The molecule has 0 atom stereocenters. The second kappa shape index (κ2) is 6.65. The molecule has 1 saturated heterocycles. The maximum absolute atomic E-state index is 12.6. The van der Waals surface area contributed by atoms with Crippen molar-refractivity contribution in [3.8, 4) is 0 Å². The summed E-state index contributed by atoms with van der Waals surface area (Å²) in [6.45, 7) is 6.22. The molecule has 0 spiro atoms. The number of aryl methyl sites for hydroxylation is 1. The van der Waals surface area contributed by atoms with Gasteiger partial charge in [-0.3, -0.25) is 9.59 Å². The van der Waals surface area contributed by atoms with Crippen molar-refractivity contribution in [2.45, 2.75) is 26.7 Å². The number of rotatable bonds is 3. The summed E-state index contributed by atoms with van der Waals surface area (Å²) in [5, 5.41) is -0.254. The molecule has 0 aliphatic carbocycles. The molecule has 1 aliphatic rings. The number of imide groups is 1. The van der Waals surface area contributed by atoms with E-state index >= 15 is 0 Å². The number of amides is 2. The Balaban J connectivity index is 1.88. The number of benzene rings is 2. The van der Waals surface area contributed by atoms with Gasteiger partial charge in [-0.15, -0.1) is 0 Å². The number of nitrogens with zero attached hydrogens (tertiary/aromatic N) is 1. The highest BCUT2D eigenvalue weighted by molar-refractivity contribution is 8.19. The van der Waals surface area contributed by atoms with Crippen molar-refractivity contribution in [1.29, 1.82) is 0 Å². The van der Waals surface area contributed by atoms with Gasteiger partial charge in [-0.1, -0.05) is 50.2 Å². The van der Waals surface area contributed by atoms with Gasteiger partial charge in [0.15, 0.2) is 0 Å². The van der Waals surface area contributed by atoms with E-state index in [0.717, 1.165) is 22.9 Å². The lowest BCUT2D eigenvalue weighted by molar-refractivity contribution is -0.113. The lowest BCUT2D eigenvalue weighted by atomic mass is 10.0. The van der Waals surface area contributed by atoms with E-state index in [9.17, 15) is 9.59 Å². The summed E-state index contributed by atoms with van der Waals surface area (Å²) < 4.78 is 0. The van der Waals surface area contributed by atoms with Crippen LogP contribution in [-0.2, 0) is 4.79 Å². The van der Waals surface area contributed by atoms with Gasteiger partial charge in [-0.2, -0.15) is 0 Å². The summed E-state index contributed by atoms with van der Waals surface area (Å²) in [4.78, 5) is 26.6. The van der Waals surface area contributed by atoms with E-state index in [0.29, 0.717) is 16.5 Å². The van der Waals surface area contributed by atoms with Crippen LogP contribution in [-0.4, -0.2) is 11.1 Å². The van der Waals surface area contributed by atoms with Crippen molar-refractivity contribution in [1.82, 2.24) is 0 Å². The van der Waals surface area contributed by atoms with E-state index in [1.807, 2.05) is 37.3 Å². The van der Waals surface area contributed by atoms with E-state index in [1.54, 1.807) is 12.1 Å². The first kappa shape index (κ1) is 16.5. The van der Waals surface area contributed by atoms with Crippen LogP contribution in [0.15, 0.2) is 53.4 Å². The van der Waals surface area contributed by atoms with Crippen LogP contribution in [0.4, 0.5) is 10.5 Å². The Labute approximate surface area is 146 Å². The van der Waals surface area contributed by atoms with E-state index in [4.69, 9.17) is 0 Å². The maximum Gasteiger partial charge on any atom is 0.298 e. The second-order valence-electron chi connectivity index (χ2n) is 6.18. The Bertz CT molecular complexity index is 822. The second-order valence-corrected chi connectivity index (χ2v) is 7.17. The fourth-order valence-corrected chi connectivity index (χ4v) is 3.43. The molecule has 3 rings (SSSR count). The summed E-state index contributed by atoms with van der Waals surface area (Å²) in [6, 6.07) is 15.5. The van der Waals surface area contributed by atoms with Gasteiger partial charge in [-0.25, -0.2) is 4.90 Å². The zero-order valence-corrected chi connectivity index (χ0v) is 14.8. The average Bonchev–Trinajstić information content (AvgIpc) is 2.82. The van der Waals surface area contributed by atoms with Gasteiger partial charge in [0.1, 0.15) is 0 Å². The predicted octanol–water partition coefficient (Wildman–Crippen LogP) is 5.36. The van der Waals surface area contributed by atoms with Crippen molar-refractivity contribution in [2.24, 2.45) is 0 Å². The first-order valence-corrected chi connectivity index (χ1v) is 8.72. The molecule has 0 radical (unpaired) electrons. The van der Waals surface area contributed by atoms with Gasteiger partial charge >= 0.3 is 0 Å². The lowest BCUT2D eigenvalue weighted by Crippen LogP contribution is -2.27. The van der Waals surface area contributed by atoms with Crippen molar-refractivity contribution >= 4 is 34.7 Å². The summed E-state index contributed by atoms with van der Waals surface area (Å²) in [5.74, 6) is 0.205. The first-order valence-electron chi connectivity index (χ1n) is 7.90. The minimum atomic E-state index is -0.261. The third-order valence-corrected chi connectivity index (χ3v) is 4.82. The number of thioether (sulfide) groups is 1. The maximum atomic E-state index is 12.6. The van der Waals surface area contributed by atoms with Gasteiger partial charge in [0, 0.05) is 0 Å². The molecule has 2 amide bonds. The smallest absolute Gasteiger partial charge is 0.268 e. The predicted molar refractivity (Wildman–Crippen MR) is 100 cm³/mol. The van der Waals surface area contributed by atoms with Crippen LogP contribution < -0.4 is 4.90 Å². The molecule has 3 nitrogen and oxygen atoms in total. The topological polar surface area (TPSA) is 37.4 Å². The number of anilines is 1. The normalized spacial score (nSPS) is 16.5. The summed E-state index contributed by atoms with van der Waals surface area (Å²) in [6.07, 6.45) is 1.78. The molecule has 0 saturated carbocycles. The zero-order valence-electron chi connectivity index (χ0n) is 13.9. The fraction of sp³-hybridized carbons (Fsp3) is 0.200. The van der Waals surface area contributed by atoms with Crippen LogP contribution in [0.2, 0.25) is 0 Å². The van der Waals surface area contributed by atoms with Crippen LogP contribution in [0.25, 0.3) is 6.08 Å². The van der Waals surface area contributed by atoms with Crippen LogP contribution >= 0.6 is 11.8 Å². The molecule has 0 N–H and O–H groups in total. The molecular weight excluding hydrogens is 318 g/mol. The largest absolute Gasteiger partial charge is 0.298 e. The molecule has 0 bridgehead atoms. The SMILES string of the molecule is Cc1cccc(N2C(=O)S/C(=C\c3ccc(C(C)C)cc3)C2=O)c1. The lowest BCUT2D eigenvalue weighted by Gasteiger charge is -2.12. The monoisotopic (exact) mass is 337 g/mol. The summed E-state index contributed by atoms with van der Waals surface area (Å²) >= 11 is 0.986. The van der Waals surface area contributed by atoms with E-state index in [2.05, 4.69) is 26.0 Å². The molecule has 0 aromatic heterocycles. The van der Waals surface area contributed by atoms with Gasteiger partial charge in [-0.05, 0) is 59.5 Å². The Morgan fingerprint density at radius 1 is 1.04 bits per heavy atom. The Kier molecular flexibility index (Phi) is 4.58. The van der Waals surface area contributed by atoms with Crippen molar-refractivity contribution in [3.05, 3.63) is 70.1 Å². The summed E-state index contributed by atoms with van der Waals surface area (Å²) in [7, 11) is 0. The number of carbonyl (C=O) groups is 2. The highest BCUT2D eigenvalue weighted by Crippen LogP contribution is 2.36. The van der Waals surface area contributed by atoms with Crippen molar-refractivity contribution < 1.29 is 9.59 Å². The third kappa shape index (κ3) is 3.29. The number of hydrogen-bond acceptors (Lipinski definition) is 3. The minimum Gasteiger partial charge on any atom is -0.268 e. The van der Waals surface area contributed by atoms with Gasteiger partial charge in [0.25, 0.3) is 11.1 Å². The fourth-order valence-electron chi connectivity index (χ4n) is 2.59. The highest BCUT2D eigenvalue weighted by atomic mass is 32.2. The van der Waals surface area contributed by atoms with E-state index in [-0.39, 0.29) is 11.1 Å². The van der Waals surface area contributed by atoms with Crippen LogP contribution in [0.5, 0.6) is 0 Å². The summed E-state index contributed by atoms with van der Waals surface area (Å²) in [5.41, 5.74) is 3.81. The first-order chi connectivity index (χ1) is 11.5. The molecular formula is C20H19NO2S.